The molecular weight excluding hydrogens is 320 g/mol. The first-order chi connectivity index (χ1) is 11.8. The summed E-state index contributed by atoms with van der Waals surface area (Å²) in [6.07, 6.45) is 1.04. The lowest BCUT2D eigenvalue weighted by molar-refractivity contribution is 0.302. The van der Waals surface area contributed by atoms with Crippen LogP contribution in [0.1, 0.15) is 13.3 Å². The average Bonchev–Trinajstić information content (AvgIpc) is 3.03. The Morgan fingerprint density at radius 3 is 2.58 bits per heavy atom. The molecule has 0 unspecified atom stereocenters. The van der Waals surface area contributed by atoms with E-state index in [1.165, 1.54) is 11.5 Å². The number of nitrogens with zero attached hydrogens (tertiary/aromatic N) is 4. The molecule has 0 radical (unpaired) electrons. The van der Waals surface area contributed by atoms with E-state index in [-0.39, 0.29) is 6.61 Å². The maximum Gasteiger partial charge on any atom is 0.195 e. The number of hydrogen-bond acceptors (Lipinski definition) is 6. The number of azo groups is 1. The van der Waals surface area contributed by atoms with Crippen molar-refractivity contribution in [3.63, 3.8) is 0 Å². The highest BCUT2D eigenvalue weighted by atomic mass is 32.1. The van der Waals surface area contributed by atoms with E-state index in [2.05, 4.69) is 26.4 Å². The highest BCUT2D eigenvalue weighted by Gasteiger charge is 2.06. The molecule has 3 rings (SSSR count). The molecule has 1 N–H and O–H groups in total. The summed E-state index contributed by atoms with van der Waals surface area (Å²) in [6.45, 7) is 3.84. The van der Waals surface area contributed by atoms with Crippen molar-refractivity contribution >= 4 is 38.8 Å². The van der Waals surface area contributed by atoms with Gasteiger partial charge >= 0.3 is 0 Å². The lowest BCUT2D eigenvalue weighted by Crippen LogP contribution is -2.27. The SMILES string of the molecule is CCCN(CCO)c1ccc(N=Nc2nsc3ccccc23)cc1. The Morgan fingerprint density at radius 1 is 1.04 bits per heavy atom. The molecule has 0 spiro atoms. The van der Waals surface area contributed by atoms with Gasteiger partial charge in [0.25, 0.3) is 0 Å². The van der Waals surface area contributed by atoms with Crippen molar-refractivity contribution < 1.29 is 5.11 Å². The van der Waals surface area contributed by atoms with Crippen LogP contribution in [0.3, 0.4) is 0 Å². The Hall–Kier alpha value is -2.31. The summed E-state index contributed by atoms with van der Waals surface area (Å²) in [6, 6.07) is 15.9. The van der Waals surface area contributed by atoms with Crippen molar-refractivity contribution in [3.8, 4) is 0 Å². The maximum atomic E-state index is 9.17. The standard InChI is InChI=1S/C18H20N4OS/c1-2-11-22(12-13-23)15-9-7-14(8-10-15)19-20-18-16-5-3-4-6-17(16)24-21-18/h3-10,23H,2,11-13H2,1H3. The number of benzene rings is 2. The number of hydrogen-bond donors (Lipinski definition) is 1. The van der Waals surface area contributed by atoms with Crippen molar-refractivity contribution in [2.24, 2.45) is 10.2 Å². The van der Waals surface area contributed by atoms with E-state index in [4.69, 9.17) is 0 Å². The summed E-state index contributed by atoms with van der Waals surface area (Å²) in [5.74, 6) is 0.660. The first kappa shape index (κ1) is 16.5. The fraction of sp³-hybridized carbons (Fsp3) is 0.278. The number of aliphatic hydroxyl groups is 1. The number of aliphatic hydroxyl groups excluding tert-OH is 1. The van der Waals surface area contributed by atoms with Gasteiger partial charge in [0, 0.05) is 24.2 Å². The molecule has 0 aliphatic heterocycles. The minimum absolute atomic E-state index is 0.151. The molecule has 124 valence electrons. The van der Waals surface area contributed by atoms with Gasteiger partial charge in [0.2, 0.25) is 0 Å². The second-order valence-electron chi connectivity index (χ2n) is 5.43. The molecule has 24 heavy (non-hydrogen) atoms. The summed E-state index contributed by atoms with van der Waals surface area (Å²) in [5.41, 5.74) is 1.88. The van der Waals surface area contributed by atoms with Crippen LogP contribution in [-0.4, -0.2) is 29.2 Å². The minimum atomic E-state index is 0.151. The summed E-state index contributed by atoms with van der Waals surface area (Å²) >= 11 is 1.43. The topological polar surface area (TPSA) is 61.1 Å². The first-order valence-corrected chi connectivity index (χ1v) is 8.81. The van der Waals surface area contributed by atoms with Crippen LogP contribution in [0, 0.1) is 0 Å². The minimum Gasteiger partial charge on any atom is -0.395 e. The third kappa shape index (κ3) is 3.77. The Morgan fingerprint density at radius 2 is 1.83 bits per heavy atom. The summed E-state index contributed by atoms with van der Waals surface area (Å²) in [7, 11) is 0. The summed E-state index contributed by atoms with van der Waals surface area (Å²) in [4.78, 5) is 2.16. The Kier molecular flexibility index (Phi) is 5.51. The highest BCUT2D eigenvalue weighted by Crippen LogP contribution is 2.30. The van der Waals surface area contributed by atoms with Crippen LogP contribution >= 0.6 is 11.5 Å². The number of aromatic nitrogens is 1. The zero-order valence-corrected chi connectivity index (χ0v) is 14.4. The Balaban J connectivity index is 1.76. The van der Waals surface area contributed by atoms with Gasteiger partial charge in [0.05, 0.1) is 17.0 Å². The van der Waals surface area contributed by atoms with E-state index < -0.39 is 0 Å². The molecule has 1 aromatic heterocycles. The van der Waals surface area contributed by atoms with Gasteiger partial charge in [-0.25, -0.2) is 0 Å². The molecule has 3 aromatic rings. The van der Waals surface area contributed by atoms with Gasteiger partial charge in [-0.1, -0.05) is 19.1 Å². The lowest BCUT2D eigenvalue weighted by atomic mass is 10.2. The third-order valence-electron chi connectivity index (χ3n) is 3.70. The zero-order valence-electron chi connectivity index (χ0n) is 13.6. The van der Waals surface area contributed by atoms with E-state index in [0.717, 1.165) is 34.4 Å². The van der Waals surface area contributed by atoms with Gasteiger partial charge in [0.1, 0.15) is 0 Å². The normalized spacial score (nSPS) is 11.4. The van der Waals surface area contributed by atoms with Crippen LogP contribution in [0.15, 0.2) is 58.8 Å². The molecule has 6 heteroatoms. The van der Waals surface area contributed by atoms with Crippen LogP contribution in [0.25, 0.3) is 10.1 Å². The highest BCUT2D eigenvalue weighted by molar-refractivity contribution is 7.13. The second kappa shape index (κ2) is 7.99. The number of fused-ring (bicyclic) bond motifs is 1. The zero-order chi connectivity index (χ0) is 16.8. The van der Waals surface area contributed by atoms with Crippen molar-refractivity contribution in [1.82, 2.24) is 4.37 Å². The molecule has 0 aliphatic rings. The van der Waals surface area contributed by atoms with Crippen LogP contribution in [-0.2, 0) is 0 Å². The van der Waals surface area contributed by atoms with E-state index in [9.17, 15) is 5.11 Å². The summed E-state index contributed by atoms with van der Waals surface area (Å²) in [5, 5.41) is 18.8. The molecule has 0 atom stereocenters. The van der Waals surface area contributed by atoms with Gasteiger partial charge < -0.3 is 10.0 Å². The van der Waals surface area contributed by atoms with Gasteiger partial charge in [-0.2, -0.15) is 4.37 Å². The maximum absolute atomic E-state index is 9.17. The fourth-order valence-corrected chi connectivity index (χ4v) is 3.26. The molecule has 0 amide bonds. The molecule has 0 bridgehead atoms. The monoisotopic (exact) mass is 340 g/mol. The molecule has 2 aromatic carbocycles. The average molecular weight is 340 g/mol. The van der Waals surface area contributed by atoms with Gasteiger partial charge in [0.15, 0.2) is 5.82 Å². The van der Waals surface area contributed by atoms with E-state index in [1.807, 2.05) is 48.5 Å². The quantitative estimate of drug-likeness (QED) is 0.621. The van der Waals surface area contributed by atoms with Crippen molar-refractivity contribution in [1.29, 1.82) is 0 Å². The molecule has 1 heterocycles. The largest absolute Gasteiger partial charge is 0.395 e. The summed E-state index contributed by atoms with van der Waals surface area (Å²) < 4.78 is 5.46. The first-order valence-electron chi connectivity index (χ1n) is 8.04. The van der Waals surface area contributed by atoms with Crippen molar-refractivity contribution in [2.75, 3.05) is 24.6 Å². The van der Waals surface area contributed by atoms with Crippen LogP contribution in [0.2, 0.25) is 0 Å². The van der Waals surface area contributed by atoms with Crippen LogP contribution in [0.5, 0.6) is 0 Å². The van der Waals surface area contributed by atoms with Crippen molar-refractivity contribution in [2.45, 2.75) is 13.3 Å². The number of anilines is 1. The molecule has 0 saturated carbocycles. The second-order valence-corrected chi connectivity index (χ2v) is 6.23. The van der Waals surface area contributed by atoms with E-state index in [0.29, 0.717) is 12.4 Å². The number of rotatable bonds is 7. The molecule has 0 fully saturated rings. The van der Waals surface area contributed by atoms with Gasteiger partial charge in [-0.05, 0) is 54.4 Å². The molecular formula is C18H20N4OS. The molecule has 0 saturated heterocycles. The van der Waals surface area contributed by atoms with Crippen molar-refractivity contribution in [3.05, 3.63) is 48.5 Å². The van der Waals surface area contributed by atoms with Gasteiger partial charge in [-0.15, -0.1) is 10.2 Å². The predicted molar refractivity (Wildman–Crippen MR) is 99.8 cm³/mol. The Labute approximate surface area is 145 Å². The smallest absolute Gasteiger partial charge is 0.195 e. The fourth-order valence-electron chi connectivity index (χ4n) is 2.54. The Bertz CT molecular complexity index is 807. The van der Waals surface area contributed by atoms with Crippen LogP contribution in [0.4, 0.5) is 17.2 Å². The molecule has 5 nitrogen and oxygen atoms in total. The lowest BCUT2D eigenvalue weighted by Gasteiger charge is -2.23. The van der Waals surface area contributed by atoms with Gasteiger partial charge in [-0.3, -0.25) is 0 Å². The predicted octanol–water partition coefficient (Wildman–Crippen LogP) is 4.92. The van der Waals surface area contributed by atoms with E-state index >= 15 is 0 Å². The molecule has 0 aliphatic carbocycles. The van der Waals surface area contributed by atoms with E-state index in [1.54, 1.807) is 0 Å². The van der Waals surface area contributed by atoms with Crippen LogP contribution < -0.4 is 4.90 Å². The third-order valence-corrected chi connectivity index (χ3v) is 4.51.